The lowest BCUT2D eigenvalue weighted by Crippen LogP contribution is -1.94. The predicted octanol–water partition coefficient (Wildman–Crippen LogP) is 3.30. The van der Waals surface area contributed by atoms with E-state index in [-0.39, 0.29) is 0 Å². The van der Waals surface area contributed by atoms with E-state index in [1.54, 1.807) is 18.4 Å². The van der Waals surface area contributed by atoms with Crippen LogP contribution < -0.4 is 10.5 Å². The Kier molecular flexibility index (Phi) is 3.62. The Morgan fingerprint density at radius 1 is 1.23 bits per heavy atom. The van der Waals surface area contributed by atoms with Crippen LogP contribution in [0.4, 0.5) is 5.82 Å². The van der Waals surface area contributed by atoms with Crippen molar-refractivity contribution in [3.8, 4) is 16.9 Å². The van der Waals surface area contributed by atoms with E-state index in [1.165, 1.54) is 6.33 Å². The summed E-state index contributed by atoms with van der Waals surface area (Å²) < 4.78 is 7.39. The van der Waals surface area contributed by atoms with Crippen LogP contribution in [-0.4, -0.2) is 14.5 Å². The number of ether oxygens (including phenoxy) is 1. The summed E-state index contributed by atoms with van der Waals surface area (Å²) in [6, 6.07) is 7.78. The van der Waals surface area contributed by atoms with Gasteiger partial charge in [-0.1, -0.05) is 24.8 Å². The molecular formula is C17H16N4O. The van der Waals surface area contributed by atoms with Gasteiger partial charge in [0.15, 0.2) is 0 Å². The van der Waals surface area contributed by atoms with E-state index in [1.807, 2.05) is 42.1 Å². The fourth-order valence-corrected chi connectivity index (χ4v) is 2.34. The van der Waals surface area contributed by atoms with Gasteiger partial charge in [-0.05, 0) is 23.8 Å². The zero-order valence-corrected chi connectivity index (χ0v) is 12.2. The number of nitrogens with two attached hydrogens (primary N) is 1. The molecule has 0 unspecified atom stereocenters. The maximum Gasteiger partial charge on any atom is 0.145 e. The Bertz CT molecular complexity index is 847. The number of nitrogen functional groups attached to an aromatic ring is 1. The van der Waals surface area contributed by atoms with Crippen molar-refractivity contribution in [2.24, 2.45) is 7.05 Å². The minimum absolute atomic E-state index is 0.481. The first kappa shape index (κ1) is 13.9. The van der Waals surface area contributed by atoms with E-state index in [0.29, 0.717) is 5.82 Å². The molecule has 3 aromatic rings. The lowest BCUT2D eigenvalue weighted by molar-refractivity contribution is 0.481. The zero-order chi connectivity index (χ0) is 15.5. The summed E-state index contributed by atoms with van der Waals surface area (Å²) in [6.45, 7) is 3.59. The first-order valence-corrected chi connectivity index (χ1v) is 6.81. The highest BCUT2D eigenvalue weighted by atomic mass is 16.5. The summed E-state index contributed by atoms with van der Waals surface area (Å²) in [6.07, 6.45) is 8.46. The Hall–Kier alpha value is -3.08. The van der Waals surface area contributed by atoms with Crippen LogP contribution in [0, 0.1) is 0 Å². The molecule has 0 amide bonds. The van der Waals surface area contributed by atoms with Crippen LogP contribution in [-0.2, 0) is 7.05 Å². The van der Waals surface area contributed by atoms with Gasteiger partial charge in [0.1, 0.15) is 23.5 Å². The number of nitrogens with zero attached hydrogens (tertiary/aromatic N) is 3. The van der Waals surface area contributed by atoms with Crippen LogP contribution >= 0.6 is 0 Å². The second-order valence-corrected chi connectivity index (χ2v) is 4.82. The lowest BCUT2D eigenvalue weighted by atomic mass is 10.1. The number of benzene rings is 1. The molecule has 2 heterocycles. The van der Waals surface area contributed by atoms with Crippen molar-refractivity contribution >= 4 is 16.9 Å². The molecule has 0 atom stereocenters. The highest BCUT2D eigenvalue weighted by Gasteiger charge is 2.13. The number of aromatic nitrogens is 3. The van der Waals surface area contributed by atoms with Crippen LogP contribution in [0.15, 0.2) is 61.8 Å². The summed E-state index contributed by atoms with van der Waals surface area (Å²) in [5.41, 5.74) is 8.87. The smallest absolute Gasteiger partial charge is 0.145 e. The maximum absolute atomic E-state index is 6.01. The van der Waals surface area contributed by atoms with Crippen LogP contribution in [0.2, 0.25) is 0 Å². The van der Waals surface area contributed by atoms with E-state index in [9.17, 15) is 0 Å². The van der Waals surface area contributed by atoms with Crippen LogP contribution in [0.1, 0.15) is 0 Å². The van der Waals surface area contributed by atoms with Crippen molar-refractivity contribution in [2.75, 3.05) is 5.73 Å². The molecule has 1 aromatic carbocycles. The first-order valence-electron chi connectivity index (χ1n) is 6.81. The Labute approximate surface area is 128 Å². The molecule has 3 rings (SSSR count). The average molecular weight is 292 g/mol. The molecule has 0 aliphatic heterocycles. The SMILES string of the molecule is C=C/C=C/Oc1ccc(-c2cn(C)c3ncnc(N)c23)cc1. The fraction of sp³-hybridized carbons (Fsp3) is 0.0588. The summed E-state index contributed by atoms with van der Waals surface area (Å²) >= 11 is 0. The van der Waals surface area contributed by atoms with Gasteiger partial charge in [0.25, 0.3) is 0 Å². The zero-order valence-electron chi connectivity index (χ0n) is 12.2. The molecule has 0 radical (unpaired) electrons. The molecule has 0 bridgehead atoms. The highest BCUT2D eigenvalue weighted by molar-refractivity contribution is 6.00. The van der Waals surface area contributed by atoms with E-state index in [4.69, 9.17) is 10.5 Å². The second-order valence-electron chi connectivity index (χ2n) is 4.82. The normalized spacial score (nSPS) is 11.1. The summed E-state index contributed by atoms with van der Waals surface area (Å²) in [5.74, 6) is 1.24. The standard InChI is InChI=1S/C17H16N4O/c1-3-4-9-22-13-7-5-12(6-8-13)14-10-21(2)17-15(14)16(18)19-11-20-17/h3-11H,1H2,2H3,(H2,18,19,20)/b9-4+. The van der Waals surface area contributed by atoms with E-state index in [2.05, 4.69) is 16.5 Å². The molecule has 0 saturated carbocycles. The molecule has 0 aliphatic rings. The Balaban J connectivity index is 2.01. The predicted molar refractivity (Wildman–Crippen MR) is 88.3 cm³/mol. The van der Waals surface area contributed by atoms with Gasteiger partial charge in [-0.2, -0.15) is 0 Å². The second kappa shape index (κ2) is 5.73. The molecule has 0 saturated heterocycles. The lowest BCUT2D eigenvalue weighted by Gasteiger charge is -2.03. The Morgan fingerprint density at radius 3 is 2.73 bits per heavy atom. The van der Waals surface area contributed by atoms with Crippen molar-refractivity contribution in [2.45, 2.75) is 0 Å². The summed E-state index contributed by atoms with van der Waals surface area (Å²) in [4.78, 5) is 8.37. The number of aryl methyl sites for hydroxylation is 1. The van der Waals surface area contributed by atoms with Crippen molar-refractivity contribution in [3.63, 3.8) is 0 Å². The molecular weight excluding hydrogens is 276 g/mol. The van der Waals surface area contributed by atoms with Crippen molar-refractivity contribution in [1.82, 2.24) is 14.5 Å². The Morgan fingerprint density at radius 2 is 2.00 bits per heavy atom. The monoisotopic (exact) mass is 292 g/mol. The average Bonchev–Trinajstić information content (AvgIpc) is 2.87. The highest BCUT2D eigenvalue weighted by Crippen LogP contribution is 2.32. The van der Waals surface area contributed by atoms with Gasteiger partial charge in [0.05, 0.1) is 11.6 Å². The minimum Gasteiger partial charge on any atom is -0.465 e. The van der Waals surface area contributed by atoms with Crippen molar-refractivity contribution < 1.29 is 4.74 Å². The third kappa shape index (κ3) is 2.44. The van der Waals surface area contributed by atoms with Gasteiger partial charge in [0.2, 0.25) is 0 Å². The quantitative estimate of drug-likeness (QED) is 0.592. The maximum atomic E-state index is 6.01. The van der Waals surface area contributed by atoms with Crippen molar-refractivity contribution in [1.29, 1.82) is 0 Å². The van der Waals surface area contributed by atoms with Gasteiger partial charge < -0.3 is 15.0 Å². The molecule has 5 nitrogen and oxygen atoms in total. The van der Waals surface area contributed by atoms with Crippen LogP contribution in [0.5, 0.6) is 5.75 Å². The van der Waals surface area contributed by atoms with Gasteiger partial charge in [-0.25, -0.2) is 9.97 Å². The minimum atomic E-state index is 0.481. The summed E-state index contributed by atoms with van der Waals surface area (Å²) in [7, 11) is 1.94. The topological polar surface area (TPSA) is 66.0 Å². The molecule has 0 fully saturated rings. The molecule has 2 N–H and O–H groups in total. The molecule has 110 valence electrons. The molecule has 0 aliphatic carbocycles. The van der Waals surface area contributed by atoms with E-state index in [0.717, 1.165) is 27.9 Å². The molecule has 22 heavy (non-hydrogen) atoms. The number of anilines is 1. The van der Waals surface area contributed by atoms with E-state index >= 15 is 0 Å². The number of rotatable bonds is 4. The van der Waals surface area contributed by atoms with E-state index < -0.39 is 0 Å². The first-order chi connectivity index (χ1) is 10.7. The third-order valence-corrected chi connectivity index (χ3v) is 3.37. The number of fused-ring (bicyclic) bond motifs is 1. The van der Waals surface area contributed by atoms with Crippen molar-refractivity contribution in [3.05, 3.63) is 61.8 Å². The van der Waals surface area contributed by atoms with Gasteiger partial charge in [-0.3, -0.25) is 0 Å². The van der Waals surface area contributed by atoms with Gasteiger partial charge in [-0.15, -0.1) is 0 Å². The summed E-state index contributed by atoms with van der Waals surface area (Å²) in [5, 5.41) is 0.866. The number of hydrogen-bond donors (Lipinski definition) is 1. The molecule has 2 aromatic heterocycles. The van der Waals surface area contributed by atoms with Gasteiger partial charge in [0, 0.05) is 18.8 Å². The van der Waals surface area contributed by atoms with Crippen LogP contribution in [0.3, 0.4) is 0 Å². The number of hydrogen-bond acceptors (Lipinski definition) is 4. The molecule has 0 spiro atoms. The fourth-order valence-electron chi connectivity index (χ4n) is 2.34. The van der Waals surface area contributed by atoms with Gasteiger partial charge >= 0.3 is 0 Å². The largest absolute Gasteiger partial charge is 0.465 e. The molecule has 5 heteroatoms. The third-order valence-electron chi connectivity index (χ3n) is 3.37. The number of allylic oxidation sites excluding steroid dienone is 2. The van der Waals surface area contributed by atoms with Crippen LogP contribution in [0.25, 0.3) is 22.2 Å².